The average Bonchev–Trinajstić information content (AvgIpc) is 2.50. The van der Waals surface area contributed by atoms with Crippen molar-refractivity contribution in [3.8, 4) is 0 Å². The van der Waals surface area contributed by atoms with E-state index in [0.717, 1.165) is 5.69 Å². The molecule has 1 atom stereocenters. The maximum absolute atomic E-state index is 12.5. The Labute approximate surface area is 137 Å². The van der Waals surface area contributed by atoms with Gasteiger partial charge in [-0.05, 0) is 18.6 Å². The molecule has 0 N–H and O–H groups in total. The molecule has 0 aromatic carbocycles. The van der Waals surface area contributed by atoms with Crippen LogP contribution in [0.5, 0.6) is 0 Å². The number of ether oxygens (including phenoxy) is 2. The van der Waals surface area contributed by atoms with Crippen molar-refractivity contribution < 1.29 is 31.1 Å². The molecule has 24 heavy (non-hydrogen) atoms. The third kappa shape index (κ3) is 3.41. The molecule has 2 aliphatic rings. The van der Waals surface area contributed by atoms with Crippen LogP contribution in [0.15, 0.2) is 24.4 Å². The smallest absolute Gasteiger partial charge is 0.372 e. The number of alkyl halides is 3. The molecule has 0 saturated carbocycles. The van der Waals surface area contributed by atoms with Crippen molar-refractivity contribution in [3.63, 3.8) is 0 Å². The fraction of sp³-hybridized carbons (Fsp3) is 0.643. The van der Waals surface area contributed by atoms with E-state index in [9.17, 15) is 21.6 Å². The molecule has 2 saturated heterocycles. The van der Waals surface area contributed by atoms with Crippen LogP contribution < -0.4 is 0 Å². The summed E-state index contributed by atoms with van der Waals surface area (Å²) < 4.78 is 72.1. The number of sulfonamides is 1. The highest BCUT2D eigenvalue weighted by molar-refractivity contribution is 7.90. The predicted molar refractivity (Wildman–Crippen MR) is 77.3 cm³/mol. The summed E-state index contributed by atoms with van der Waals surface area (Å²) >= 11 is 0. The van der Waals surface area contributed by atoms with Gasteiger partial charge in [-0.2, -0.15) is 17.5 Å². The Morgan fingerprint density at radius 3 is 2.75 bits per heavy atom. The molecule has 6 nitrogen and oxygen atoms in total. The van der Waals surface area contributed by atoms with Crippen molar-refractivity contribution in [2.45, 2.75) is 36.7 Å². The van der Waals surface area contributed by atoms with E-state index in [1.54, 1.807) is 12.3 Å². The lowest BCUT2D eigenvalue weighted by Crippen LogP contribution is -2.68. The molecule has 10 heteroatoms. The van der Waals surface area contributed by atoms with Crippen molar-refractivity contribution in [1.82, 2.24) is 9.29 Å². The molecule has 0 amide bonds. The Morgan fingerprint density at radius 2 is 2.12 bits per heavy atom. The third-order valence-electron chi connectivity index (χ3n) is 4.20. The second-order valence-corrected chi connectivity index (χ2v) is 7.93. The first-order valence-electron chi connectivity index (χ1n) is 7.44. The molecule has 3 rings (SSSR count). The second-order valence-electron chi connectivity index (χ2n) is 6.00. The summed E-state index contributed by atoms with van der Waals surface area (Å²) in [6.07, 6.45) is 2.43. The number of hydrogen-bond acceptors (Lipinski definition) is 5. The van der Waals surface area contributed by atoms with E-state index in [-0.39, 0.29) is 19.2 Å². The van der Waals surface area contributed by atoms with Gasteiger partial charge in [-0.3, -0.25) is 4.98 Å². The monoisotopic (exact) mass is 366 g/mol. The van der Waals surface area contributed by atoms with Gasteiger partial charge in [0.05, 0.1) is 24.0 Å². The zero-order valence-corrected chi connectivity index (χ0v) is 13.5. The molecule has 0 unspecified atom stereocenters. The van der Waals surface area contributed by atoms with Crippen LogP contribution in [0.4, 0.5) is 13.2 Å². The van der Waals surface area contributed by atoms with Crippen LogP contribution in [0, 0.1) is 0 Å². The van der Waals surface area contributed by atoms with Gasteiger partial charge in [0.15, 0.2) is 0 Å². The van der Waals surface area contributed by atoms with E-state index in [1.165, 1.54) is 0 Å². The van der Waals surface area contributed by atoms with Crippen LogP contribution in [-0.2, 0) is 26.1 Å². The van der Waals surface area contributed by atoms with Crippen molar-refractivity contribution in [1.29, 1.82) is 0 Å². The van der Waals surface area contributed by atoms with E-state index in [0.29, 0.717) is 30.4 Å². The molecule has 0 bridgehead atoms. The van der Waals surface area contributed by atoms with Crippen molar-refractivity contribution in [2.75, 3.05) is 19.7 Å². The Hall–Kier alpha value is -1.23. The van der Waals surface area contributed by atoms with E-state index in [2.05, 4.69) is 4.98 Å². The predicted octanol–water partition coefficient (Wildman–Crippen LogP) is 1.68. The maximum atomic E-state index is 12.5. The zero-order valence-electron chi connectivity index (χ0n) is 12.7. The van der Waals surface area contributed by atoms with Gasteiger partial charge in [0.2, 0.25) is 0 Å². The van der Waals surface area contributed by atoms with Crippen molar-refractivity contribution >= 4 is 10.0 Å². The standard InChI is InChI=1S/C14H17F3N2O4S/c15-14(16,17)24(20,21)19-9-13(10-19)7-12(4-6-23-13)22-8-11-3-1-2-5-18-11/h1-3,5,12H,4,6-10H2/t12-/m1/s1. The molecule has 2 fully saturated rings. The Balaban J connectivity index is 1.56. The van der Waals surface area contributed by atoms with Gasteiger partial charge in [-0.25, -0.2) is 8.42 Å². The van der Waals surface area contributed by atoms with Crippen LogP contribution in [0.25, 0.3) is 0 Å². The molecule has 0 aliphatic carbocycles. The zero-order chi connectivity index (χ0) is 17.4. The fourth-order valence-corrected chi connectivity index (χ4v) is 4.05. The fourth-order valence-electron chi connectivity index (χ4n) is 2.94. The summed E-state index contributed by atoms with van der Waals surface area (Å²) in [5.74, 6) is 0. The third-order valence-corrected chi connectivity index (χ3v) is 5.73. The minimum atomic E-state index is -5.29. The quantitative estimate of drug-likeness (QED) is 0.811. The summed E-state index contributed by atoms with van der Waals surface area (Å²) in [5, 5.41) is 0. The van der Waals surface area contributed by atoms with E-state index in [1.807, 2.05) is 12.1 Å². The molecule has 0 radical (unpaired) electrons. The van der Waals surface area contributed by atoms with Gasteiger partial charge in [-0.1, -0.05) is 6.07 Å². The van der Waals surface area contributed by atoms with Crippen LogP contribution in [0.1, 0.15) is 18.5 Å². The lowest BCUT2D eigenvalue weighted by Gasteiger charge is -2.51. The first kappa shape index (κ1) is 17.6. The van der Waals surface area contributed by atoms with Crippen LogP contribution in [-0.4, -0.2) is 54.6 Å². The van der Waals surface area contributed by atoms with Gasteiger partial charge in [0.25, 0.3) is 0 Å². The van der Waals surface area contributed by atoms with Crippen molar-refractivity contribution in [2.24, 2.45) is 0 Å². The Bertz CT molecular complexity index is 675. The van der Waals surface area contributed by atoms with Crippen LogP contribution >= 0.6 is 0 Å². The van der Waals surface area contributed by atoms with Gasteiger partial charge in [0, 0.05) is 32.3 Å². The lowest BCUT2D eigenvalue weighted by molar-refractivity contribution is -0.183. The van der Waals surface area contributed by atoms with E-state index in [4.69, 9.17) is 9.47 Å². The summed E-state index contributed by atoms with van der Waals surface area (Å²) in [6, 6.07) is 5.44. The summed E-state index contributed by atoms with van der Waals surface area (Å²) in [4.78, 5) is 4.14. The summed E-state index contributed by atoms with van der Waals surface area (Å²) in [7, 11) is -5.29. The van der Waals surface area contributed by atoms with Gasteiger partial charge < -0.3 is 9.47 Å². The van der Waals surface area contributed by atoms with E-state index < -0.39 is 21.1 Å². The van der Waals surface area contributed by atoms with Crippen LogP contribution in [0.3, 0.4) is 0 Å². The molecule has 134 valence electrons. The highest BCUT2D eigenvalue weighted by Crippen LogP contribution is 2.40. The first-order valence-corrected chi connectivity index (χ1v) is 8.88. The molecule has 2 aliphatic heterocycles. The largest absolute Gasteiger partial charge is 0.511 e. The minimum Gasteiger partial charge on any atom is -0.372 e. The highest BCUT2D eigenvalue weighted by Gasteiger charge is 2.59. The maximum Gasteiger partial charge on any atom is 0.511 e. The number of hydrogen-bond donors (Lipinski definition) is 0. The van der Waals surface area contributed by atoms with Gasteiger partial charge in [-0.15, -0.1) is 0 Å². The van der Waals surface area contributed by atoms with Gasteiger partial charge in [0.1, 0.15) is 0 Å². The number of pyridine rings is 1. The van der Waals surface area contributed by atoms with E-state index >= 15 is 0 Å². The topological polar surface area (TPSA) is 68.7 Å². The highest BCUT2D eigenvalue weighted by atomic mass is 32.2. The summed E-state index contributed by atoms with van der Waals surface area (Å²) in [6.45, 7) is 0.0372. The molecule has 1 aromatic heterocycles. The molecular weight excluding hydrogens is 349 g/mol. The first-order chi connectivity index (χ1) is 11.2. The molecular formula is C14H17F3N2O4S. The number of aromatic nitrogens is 1. The molecule has 1 spiro atoms. The molecule has 3 heterocycles. The Kier molecular flexibility index (Phi) is 4.58. The molecule has 1 aromatic rings. The number of halogens is 3. The second kappa shape index (κ2) is 6.25. The van der Waals surface area contributed by atoms with Crippen LogP contribution in [0.2, 0.25) is 0 Å². The van der Waals surface area contributed by atoms with Crippen molar-refractivity contribution in [3.05, 3.63) is 30.1 Å². The SMILES string of the molecule is O=S(=O)(N1CC2(C[C@H](OCc3ccccn3)CCO2)C1)C(F)(F)F. The normalized spacial score (nSPS) is 24.7. The Morgan fingerprint density at radius 1 is 1.38 bits per heavy atom. The summed E-state index contributed by atoms with van der Waals surface area (Å²) in [5.41, 5.74) is -5.41. The number of nitrogens with zero attached hydrogens (tertiary/aromatic N) is 2. The number of rotatable bonds is 4. The van der Waals surface area contributed by atoms with Gasteiger partial charge >= 0.3 is 15.5 Å². The lowest BCUT2D eigenvalue weighted by atomic mass is 9.86. The minimum absolute atomic E-state index is 0.198. The average molecular weight is 366 g/mol.